The van der Waals surface area contributed by atoms with Gasteiger partial charge in [0.2, 0.25) is 31.4 Å². The maximum atomic E-state index is 14.2. The number of nitrogens with zero attached hydrogens (tertiary/aromatic N) is 2. The van der Waals surface area contributed by atoms with Gasteiger partial charge >= 0.3 is 0 Å². The molecule has 0 heterocycles. The van der Waals surface area contributed by atoms with Crippen LogP contribution in [0, 0.1) is 13.8 Å². The molecule has 3 aromatic rings. The minimum absolute atomic E-state index is 0.110. The van der Waals surface area contributed by atoms with E-state index in [2.05, 4.69) is 32.8 Å². The Balaban J connectivity index is 1.56. The van der Waals surface area contributed by atoms with Crippen LogP contribution in [-0.2, 0) is 24.8 Å². The van der Waals surface area contributed by atoms with Crippen molar-refractivity contribution in [3.63, 3.8) is 0 Å². The molecule has 10 nitrogen and oxygen atoms in total. The topological polar surface area (TPSA) is 139 Å². The molecule has 0 spiro atoms. The summed E-state index contributed by atoms with van der Waals surface area (Å²) in [6.45, 7) is 9.79. The summed E-state index contributed by atoms with van der Waals surface area (Å²) in [6.07, 6.45) is 20.5. The van der Waals surface area contributed by atoms with Crippen molar-refractivity contribution in [1.29, 1.82) is 0 Å². The molecule has 322 valence electrons. The number of hydrogen-bond donors (Lipinski definition) is 2. The van der Waals surface area contributed by atoms with Crippen molar-refractivity contribution in [3.8, 4) is 0 Å². The van der Waals surface area contributed by atoms with Gasteiger partial charge in [0.1, 0.15) is 6.54 Å². The highest BCUT2D eigenvalue weighted by molar-refractivity contribution is 7.92. The predicted molar refractivity (Wildman–Crippen MR) is 245 cm³/mol. The highest BCUT2D eigenvalue weighted by atomic mass is 32.2. The number of nitrogens with one attached hydrogen (secondary N) is 2. The van der Waals surface area contributed by atoms with Crippen molar-refractivity contribution in [2.45, 2.75) is 105 Å². The molecule has 0 amide bonds. The van der Waals surface area contributed by atoms with E-state index in [1.165, 1.54) is 38.5 Å². The number of benzene rings is 3. The zero-order chi connectivity index (χ0) is 43.5. The number of unbranched alkanes of at least 4 members (excludes halogenated alkanes) is 10. The van der Waals surface area contributed by atoms with Gasteiger partial charge in [-0.2, -0.15) is 4.58 Å². The van der Waals surface area contributed by atoms with Crippen LogP contribution in [0.5, 0.6) is 0 Å². The number of sulfonamides is 2. The Morgan fingerprint density at radius 2 is 1.20 bits per heavy atom. The molecule has 2 aliphatic rings. The smallest absolute Gasteiger partial charge is 0.229 e. The van der Waals surface area contributed by atoms with Crippen LogP contribution < -0.4 is 19.5 Å². The van der Waals surface area contributed by atoms with Crippen LogP contribution in [0.1, 0.15) is 108 Å². The van der Waals surface area contributed by atoms with Gasteiger partial charge in [-0.3, -0.25) is 14.2 Å². The van der Waals surface area contributed by atoms with Crippen molar-refractivity contribution >= 4 is 59.9 Å². The van der Waals surface area contributed by atoms with Gasteiger partial charge < -0.3 is 10.0 Å². The van der Waals surface area contributed by atoms with E-state index >= 15 is 0 Å². The Kier molecular flexibility index (Phi) is 16.2. The summed E-state index contributed by atoms with van der Waals surface area (Å²) in [6, 6.07) is 21.3. The minimum atomic E-state index is -3.83. The van der Waals surface area contributed by atoms with Crippen molar-refractivity contribution in [1.82, 2.24) is 4.72 Å². The number of Topliss-reactive ketones (excluding diaryl/α,β-unsaturated/α-hetero) is 1. The molecule has 2 N–H and O–H groups in total. The van der Waals surface area contributed by atoms with Crippen molar-refractivity contribution in [3.05, 3.63) is 124 Å². The van der Waals surface area contributed by atoms with Crippen molar-refractivity contribution in [2.75, 3.05) is 35.2 Å². The van der Waals surface area contributed by atoms with Crippen LogP contribution in [-0.4, -0.2) is 58.5 Å². The third-order valence-corrected chi connectivity index (χ3v) is 12.0. The molecule has 0 saturated heterocycles. The number of ketones is 1. The Morgan fingerprint density at radius 1 is 0.650 bits per heavy atom. The fourth-order valence-electron chi connectivity index (χ4n) is 7.65. The standard InChI is InChI=1S/C48H62N4O6S2/c1-7-9-11-13-15-17-31-51(37-23-19-35(3)20-24-37)39-27-29-41(43(33-39)49-59(5,55)56)45-47(53)46(48(45)54)42-30-28-40(34-44(42)50-60(6,57)58)52(32-18-16-14-12-10-8-2)38-25-21-36(4)22-26-38/h19-30,33-34H,7-18,31-32H2,1-6H3,(H2,49,50,53,54). The molecular weight excluding hydrogens is 793 g/mol. The molecule has 2 aliphatic carbocycles. The summed E-state index contributed by atoms with van der Waals surface area (Å²) in [5.74, 6) is -1.20. The van der Waals surface area contributed by atoms with Crippen molar-refractivity contribution < 1.29 is 31.3 Å². The summed E-state index contributed by atoms with van der Waals surface area (Å²) in [4.78, 5) is 16.3. The zero-order valence-electron chi connectivity index (χ0n) is 36.1. The van der Waals surface area contributed by atoms with Gasteiger partial charge in [0, 0.05) is 70.9 Å². The lowest BCUT2D eigenvalue weighted by Crippen LogP contribution is -2.34. The molecule has 0 bridgehead atoms. The van der Waals surface area contributed by atoms with Crippen molar-refractivity contribution in [2.24, 2.45) is 0 Å². The summed E-state index contributed by atoms with van der Waals surface area (Å²) >= 11 is 0. The Labute approximate surface area is 358 Å². The first-order valence-electron chi connectivity index (χ1n) is 21.4. The molecule has 0 fully saturated rings. The van der Waals surface area contributed by atoms with E-state index in [0.29, 0.717) is 24.5 Å². The number of anilines is 3. The normalized spacial score (nSPS) is 16.4. The van der Waals surface area contributed by atoms with Crippen LogP contribution >= 0.6 is 0 Å². The van der Waals surface area contributed by atoms with Gasteiger partial charge in [-0.25, -0.2) is 16.8 Å². The number of aryl methyl sites for hydroxylation is 2. The first kappa shape index (κ1) is 46.1. The zero-order valence-corrected chi connectivity index (χ0v) is 37.8. The molecule has 60 heavy (non-hydrogen) atoms. The molecule has 0 saturated carbocycles. The fourth-order valence-corrected chi connectivity index (χ4v) is 8.79. The number of allylic oxidation sites excluding steroid dienone is 5. The van der Waals surface area contributed by atoms with E-state index in [0.717, 1.165) is 73.5 Å². The second-order valence-electron chi connectivity index (χ2n) is 16.1. The van der Waals surface area contributed by atoms with E-state index in [1.54, 1.807) is 36.4 Å². The van der Waals surface area contributed by atoms with Crippen LogP contribution in [0.4, 0.5) is 22.7 Å². The van der Waals surface area contributed by atoms with E-state index < -0.39 is 31.6 Å². The maximum Gasteiger partial charge on any atom is 0.229 e. The highest BCUT2D eigenvalue weighted by Gasteiger charge is 2.35. The highest BCUT2D eigenvalue weighted by Crippen LogP contribution is 2.43. The van der Waals surface area contributed by atoms with Gasteiger partial charge in [0.05, 0.1) is 23.9 Å². The molecule has 0 unspecified atom stereocenters. The second-order valence-corrected chi connectivity index (χ2v) is 19.6. The van der Waals surface area contributed by atoms with E-state index in [9.17, 15) is 26.7 Å². The number of rotatable bonds is 22. The van der Waals surface area contributed by atoms with Crippen LogP contribution in [0.3, 0.4) is 0 Å². The first-order chi connectivity index (χ1) is 28.6. The summed E-state index contributed by atoms with van der Waals surface area (Å²) in [5.41, 5.74) is 5.72. The Bertz CT molecular complexity index is 2390. The van der Waals surface area contributed by atoms with Gasteiger partial charge in [-0.05, 0) is 57.0 Å². The molecule has 0 radical (unpaired) electrons. The summed E-state index contributed by atoms with van der Waals surface area (Å²) in [7, 11) is -7.66. The van der Waals surface area contributed by atoms with Gasteiger partial charge in [0.25, 0.3) is 0 Å². The molecule has 5 rings (SSSR count). The minimum Gasteiger partial charge on any atom is -0.871 e. The molecule has 0 aromatic heterocycles. The lowest BCUT2D eigenvalue weighted by Gasteiger charge is -2.34. The SMILES string of the molecule is CCCCCCCCN(c1ccc(C)cc1)c1ccc(C2=C([O-])/C(=C3C=C/C(=[N+](/CCCCCCCC)c4ccc(C)cc4)C=C/3NS(C)(=O)=O)C2=O)c(NS(C)(=O)=O)c1. The van der Waals surface area contributed by atoms with Crippen LogP contribution in [0.15, 0.2) is 108 Å². The van der Waals surface area contributed by atoms with E-state index in [-0.39, 0.29) is 33.7 Å². The quantitative estimate of drug-likeness (QED) is 0.0584. The van der Waals surface area contributed by atoms with Gasteiger partial charge in [0.15, 0.2) is 5.78 Å². The number of carbonyl (C=O) groups is 1. The van der Waals surface area contributed by atoms with E-state index in [4.69, 9.17) is 0 Å². The third kappa shape index (κ3) is 12.5. The fraction of sp³-hybridized carbons (Fsp3) is 0.417. The molecule has 0 aliphatic heterocycles. The molecular formula is C48H62N4O6S2. The average molecular weight is 855 g/mol. The van der Waals surface area contributed by atoms with E-state index in [1.807, 2.05) is 62.4 Å². The summed E-state index contributed by atoms with van der Waals surface area (Å²) < 4.78 is 58.2. The lowest BCUT2D eigenvalue weighted by atomic mass is 9.79. The summed E-state index contributed by atoms with van der Waals surface area (Å²) in [5, 5.41) is 14.2. The third-order valence-electron chi connectivity index (χ3n) is 10.8. The monoisotopic (exact) mass is 854 g/mol. The maximum absolute atomic E-state index is 14.2. The largest absolute Gasteiger partial charge is 0.871 e. The average Bonchev–Trinajstić information content (AvgIpc) is 3.19. The number of hydrogen-bond acceptors (Lipinski definition) is 7. The predicted octanol–water partition coefficient (Wildman–Crippen LogP) is 9.27. The second kappa shape index (κ2) is 21.0. The molecule has 12 heteroatoms. The van der Waals surface area contributed by atoms with Crippen LogP contribution in [0.25, 0.3) is 5.57 Å². The Morgan fingerprint density at radius 3 is 1.78 bits per heavy atom. The molecule has 3 aromatic carbocycles. The lowest BCUT2D eigenvalue weighted by molar-refractivity contribution is -0.439. The van der Waals surface area contributed by atoms with Crippen LogP contribution in [0.2, 0.25) is 0 Å². The Hall–Kier alpha value is -4.94. The van der Waals surface area contributed by atoms with Gasteiger partial charge in [-0.1, -0.05) is 119 Å². The van der Waals surface area contributed by atoms with Gasteiger partial charge in [-0.15, -0.1) is 0 Å². The molecule has 0 atom stereocenters. The number of carbonyl (C=O) groups excluding carboxylic acids is 1. The first-order valence-corrected chi connectivity index (χ1v) is 25.1.